The number of rotatable bonds is 8. The maximum Gasteiger partial charge on any atom is 0.127 e. The molecule has 0 atom stereocenters. The Morgan fingerprint density at radius 3 is 2.72 bits per heavy atom. The summed E-state index contributed by atoms with van der Waals surface area (Å²) in [4.78, 5) is 15.7. The van der Waals surface area contributed by atoms with Gasteiger partial charge in [-0.2, -0.15) is 0 Å². The van der Waals surface area contributed by atoms with Crippen LogP contribution in [0.1, 0.15) is 76.4 Å². The number of thioether (sulfide) groups is 1. The minimum absolute atomic E-state index is 0.140. The molecule has 0 unspecified atom stereocenters. The van der Waals surface area contributed by atoms with Gasteiger partial charge < -0.3 is 4.74 Å². The summed E-state index contributed by atoms with van der Waals surface area (Å²) < 4.78 is 7.20. The number of fused-ring (bicyclic) bond motifs is 4. The second-order valence-electron chi connectivity index (χ2n) is 8.64. The number of pyridine rings is 1. The first-order chi connectivity index (χ1) is 14.0. The van der Waals surface area contributed by atoms with Gasteiger partial charge in [0.1, 0.15) is 15.7 Å². The molecule has 0 amide bonds. The van der Waals surface area contributed by atoms with Crippen LogP contribution in [0.25, 0.3) is 20.4 Å². The fraction of sp³-hybridized carbons (Fsp3) is 0.609. The molecule has 4 rings (SSSR count). The summed E-state index contributed by atoms with van der Waals surface area (Å²) in [6, 6.07) is 2.25. The molecule has 0 bridgehead atoms. The number of hydrogen-bond donors (Lipinski definition) is 0. The Labute approximate surface area is 181 Å². The number of nitrogens with zero attached hydrogens (tertiary/aromatic N) is 3. The SMILES string of the molecule is CCCCCCCCSc1nc(C)nc2c1sc1nc3c(cc12)COC(C)(C)C3. The monoisotopic (exact) mass is 429 g/mol. The molecule has 0 saturated heterocycles. The van der Waals surface area contributed by atoms with Crippen LogP contribution in [0, 0.1) is 6.92 Å². The van der Waals surface area contributed by atoms with E-state index in [4.69, 9.17) is 19.7 Å². The van der Waals surface area contributed by atoms with Crippen LogP contribution < -0.4 is 0 Å². The highest BCUT2D eigenvalue weighted by atomic mass is 32.2. The molecule has 0 radical (unpaired) electrons. The van der Waals surface area contributed by atoms with Crippen LogP contribution in [0.3, 0.4) is 0 Å². The van der Waals surface area contributed by atoms with Crippen LogP contribution in [0.5, 0.6) is 0 Å². The first kappa shape index (κ1) is 21.0. The van der Waals surface area contributed by atoms with Gasteiger partial charge in [0.2, 0.25) is 0 Å². The molecule has 1 aliphatic rings. The van der Waals surface area contributed by atoms with E-state index >= 15 is 0 Å². The van der Waals surface area contributed by atoms with Gasteiger partial charge in [0, 0.05) is 17.4 Å². The normalized spacial score (nSPS) is 15.9. The molecular formula is C23H31N3OS2. The highest BCUT2D eigenvalue weighted by Gasteiger charge is 2.28. The van der Waals surface area contributed by atoms with E-state index in [2.05, 4.69) is 26.8 Å². The fourth-order valence-corrected chi connectivity index (χ4v) is 6.15. The lowest BCUT2D eigenvalue weighted by molar-refractivity contribution is -0.0411. The van der Waals surface area contributed by atoms with Crippen molar-refractivity contribution in [3.05, 3.63) is 23.1 Å². The summed E-state index contributed by atoms with van der Waals surface area (Å²) in [5, 5.41) is 2.28. The van der Waals surface area contributed by atoms with E-state index < -0.39 is 0 Å². The lowest BCUT2D eigenvalue weighted by Gasteiger charge is -2.30. The minimum Gasteiger partial charge on any atom is -0.370 e. The van der Waals surface area contributed by atoms with Gasteiger partial charge in [0.05, 0.1) is 28.1 Å². The number of thiophene rings is 1. The first-order valence-corrected chi connectivity index (χ1v) is 12.6. The van der Waals surface area contributed by atoms with Crippen molar-refractivity contribution in [2.24, 2.45) is 0 Å². The van der Waals surface area contributed by atoms with Gasteiger partial charge in [-0.15, -0.1) is 23.1 Å². The maximum atomic E-state index is 6.00. The number of unbranched alkanes of at least 4 members (excludes halogenated alkanes) is 5. The predicted octanol–water partition coefficient (Wildman–Crippen LogP) is 6.85. The Balaban J connectivity index is 1.58. The Hall–Kier alpha value is -1.24. The molecule has 1 aliphatic heterocycles. The lowest BCUT2D eigenvalue weighted by atomic mass is 9.95. The molecule has 3 aromatic heterocycles. The van der Waals surface area contributed by atoms with Gasteiger partial charge in [0.15, 0.2) is 0 Å². The zero-order valence-electron chi connectivity index (χ0n) is 18.0. The van der Waals surface area contributed by atoms with Crippen molar-refractivity contribution >= 4 is 43.5 Å². The highest BCUT2D eigenvalue weighted by molar-refractivity contribution is 7.99. The average Bonchev–Trinajstić information content (AvgIpc) is 3.02. The molecule has 156 valence electrons. The molecule has 0 fully saturated rings. The average molecular weight is 430 g/mol. The summed E-state index contributed by atoms with van der Waals surface area (Å²) in [5.74, 6) is 1.97. The zero-order chi connectivity index (χ0) is 20.4. The smallest absolute Gasteiger partial charge is 0.127 e. The third kappa shape index (κ3) is 4.75. The van der Waals surface area contributed by atoms with Gasteiger partial charge in [-0.25, -0.2) is 15.0 Å². The van der Waals surface area contributed by atoms with Gasteiger partial charge in [-0.05, 0) is 39.0 Å². The van der Waals surface area contributed by atoms with Gasteiger partial charge in [-0.3, -0.25) is 0 Å². The second kappa shape index (κ2) is 8.86. The molecule has 0 aromatic carbocycles. The molecule has 0 spiro atoms. The second-order valence-corrected chi connectivity index (χ2v) is 10.7. The van der Waals surface area contributed by atoms with Crippen LogP contribution in [0.15, 0.2) is 11.1 Å². The Bertz CT molecular complexity index is 1010. The van der Waals surface area contributed by atoms with Crippen LogP contribution >= 0.6 is 23.1 Å². The van der Waals surface area contributed by atoms with E-state index in [-0.39, 0.29) is 5.60 Å². The van der Waals surface area contributed by atoms with E-state index in [1.54, 1.807) is 11.3 Å². The predicted molar refractivity (Wildman–Crippen MR) is 124 cm³/mol. The van der Waals surface area contributed by atoms with E-state index in [0.29, 0.717) is 6.61 Å². The molecule has 0 saturated carbocycles. The van der Waals surface area contributed by atoms with Crippen molar-refractivity contribution in [1.29, 1.82) is 0 Å². The summed E-state index contributed by atoms with van der Waals surface area (Å²) in [5.41, 5.74) is 3.29. The minimum atomic E-state index is -0.140. The number of aromatic nitrogens is 3. The van der Waals surface area contributed by atoms with Crippen molar-refractivity contribution in [2.75, 3.05) is 5.75 Å². The third-order valence-electron chi connectivity index (χ3n) is 5.50. The topological polar surface area (TPSA) is 47.9 Å². The Kier molecular flexibility index (Phi) is 6.42. The van der Waals surface area contributed by atoms with E-state index in [9.17, 15) is 0 Å². The van der Waals surface area contributed by atoms with Gasteiger partial charge >= 0.3 is 0 Å². The van der Waals surface area contributed by atoms with Gasteiger partial charge in [0.25, 0.3) is 0 Å². The van der Waals surface area contributed by atoms with Crippen molar-refractivity contribution in [3.63, 3.8) is 0 Å². The van der Waals surface area contributed by atoms with Gasteiger partial charge in [-0.1, -0.05) is 39.0 Å². The maximum absolute atomic E-state index is 6.00. The first-order valence-electron chi connectivity index (χ1n) is 10.8. The molecule has 29 heavy (non-hydrogen) atoms. The quantitative estimate of drug-likeness (QED) is 0.222. The van der Waals surface area contributed by atoms with Crippen molar-refractivity contribution < 1.29 is 4.74 Å². The molecule has 3 aromatic rings. The Morgan fingerprint density at radius 1 is 1.10 bits per heavy atom. The zero-order valence-corrected chi connectivity index (χ0v) is 19.6. The molecule has 0 N–H and O–H groups in total. The summed E-state index contributed by atoms with van der Waals surface area (Å²) in [7, 11) is 0. The molecule has 6 heteroatoms. The van der Waals surface area contributed by atoms with E-state index in [0.717, 1.165) is 38.8 Å². The number of ether oxygens (including phenoxy) is 1. The van der Waals surface area contributed by atoms with Crippen LogP contribution in [-0.4, -0.2) is 26.3 Å². The molecule has 4 heterocycles. The molecular weight excluding hydrogens is 398 g/mol. The number of hydrogen-bond acceptors (Lipinski definition) is 6. The Morgan fingerprint density at radius 2 is 1.90 bits per heavy atom. The third-order valence-corrected chi connectivity index (χ3v) is 7.79. The summed E-state index contributed by atoms with van der Waals surface area (Å²) in [6.07, 6.45) is 8.81. The molecule has 4 nitrogen and oxygen atoms in total. The van der Waals surface area contributed by atoms with Crippen LogP contribution in [0.4, 0.5) is 0 Å². The van der Waals surface area contributed by atoms with Crippen LogP contribution in [0.2, 0.25) is 0 Å². The standard InChI is InChI=1S/C23H31N3OS2/c1-5-6-7-8-9-10-11-28-22-20-19(24-15(2)25-22)17-12-16-14-27-23(3,4)13-18(16)26-21(17)29-20/h12H,5-11,13-14H2,1-4H3. The van der Waals surface area contributed by atoms with Crippen LogP contribution in [-0.2, 0) is 17.8 Å². The van der Waals surface area contributed by atoms with E-state index in [1.165, 1.54) is 54.5 Å². The van der Waals surface area contributed by atoms with Crippen molar-refractivity contribution in [1.82, 2.24) is 15.0 Å². The number of aryl methyl sites for hydroxylation is 1. The fourth-order valence-electron chi connectivity index (χ4n) is 3.88. The molecule has 0 aliphatic carbocycles. The van der Waals surface area contributed by atoms with Crippen molar-refractivity contribution in [3.8, 4) is 0 Å². The van der Waals surface area contributed by atoms with E-state index in [1.807, 2.05) is 18.7 Å². The summed E-state index contributed by atoms with van der Waals surface area (Å²) in [6.45, 7) is 9.17. The highest BCUT2D eigenvalue weighted by Crippen LogP contribution is 2.39. The largest absolute Gasteiger partial charge is 0.370 e. The van der Waals surface area contributed by atoms with Crippen molar-refractivity contribution in [2.45, 2.75) is 89.9 Å². The lowest BCUT2D eigenvalue weighted by Crippen LogP contribution is -2.32. The summed E-state index contributed by atoms with van der Waals surface area (Å²) >= 11 is 3.63.